The van der Waals surface area contributed by atoms with Crippen LogP contribution in [0.4, 0.5) is 0 Å². The van der Waals surface area contributed by atoms with E-state index in [1.54, 1.807) is 29.0 Å². The van der Waals surface area contributed by atoms with Gasteiger partial charge in [-0.3, -0.25) is 0 Å². The number of benzene rings is 1. The molecule has 100 valence electrons. The first-order valence-electron chi connectivity index (χ1n) is 6.06. The third-order valence-electron chi connectivity index (χ3n) is 2.26. The minimum atomic E-state index is 0.998. The molecule has 0 aliphatic rings. The Balaban J connectivity index is 0.000000124. The number of aromatic nitrogens is 2. The number of nitrogens with zero attached hydrogens (tertiary/aromatic N) is 2. The fraction of sp³-hybridized carbons (Fsp3) is 0. The van der Waals surface area contributed by atoms with Crippen LogP contribution in [0.1, 0.15) is 0 Å². The third-order valence-corrected chi connectivity index (χ3v) is 3.52. The molecule has 0 unspecified atom stereocenters. The van der Waals surface area contributed by atoms with Crippen LogP contribution >= 0.6 is 22.7 Å². The van der Waals surface area contributed by atoms with Crippen molar-refractivity contribution in [3.8, 4) is 0 Å². The van der Waals surface area contributed by atoms with Gasteiger partial charge in [-0.1, -0.05) is 42.5 Å². The van der Waals surface area contributed by atoms with Crippen LogP contribution in [0, 0.1) is 0 Å². The van der Waals surface area contributed by atoms with Crippen molar-refractivity contribution in [1.82, 2.24) is 9.97 Å². The van der Waals surface area contributed by atoms with Gasteiger partial charge in [0.25, 0.3) is 0 Å². The predicted molar refractivity (Wildman–Crippen MR) is 88.2 cm³/mol. The normalized spacial score (nSPS) is 9.00. The lowest BCUT2D eigenvalue weighted by Crippen LogP contribution is -1.77. The van der Waals surface area contributed by atoms with E-state index in [2.05, 4.69) is 9.97 Å². The minimum absolute atomic E-state index is 0.998. The smallest absolute Gasteiger partial charge is 0.116 e. The molecule has 0 N–H and O–H groups in total. The van der Waals surface area contributed by atoms with Crippen LogP contribution in [0.5, 0.6) is 0 Å². The second kappa shape index (κ2) is 8.96. The second-order valence-corrected chi connectivity index (χ2v) is 5.30. The third kappa shape index (κ3) is 5.30. The maximum atomic E-state index is 4.07. The van der Waals surface area contributed by atoms with E-state index in [1.165, 1.54) is 0 Å². The standard InChI is InChI=1S/C8H6N2.2C4H4S/c1-2-4-8-7(3-1)5-9-6-10-8;2*1-2-4-5-3-1/h1-6H;2*1-4H. The molecule has 0 amide bonds. The first-order chi connectivity index (χ1) is 9.97. The van der Waals surface area contributed by atoms with Crippen LogP contribution in [-0.4, -0.2) is 9.97 Å². The Labute approximate surface area is 126 Å². The summed E-state index contributed by atoms with van der Waals surface area (Å²) in [5.41, 5.74) is 0.998. The Bertz CT molecular complexity index is 550. The van der Waals surface area contributed by atoms with Gasteiger partial charge in [-0.05, 0) is 27.6 Å². The van der Waals surface area contributed by atoms with Gasteiger partial charge < -0.3 is 0 Å². The largest absolute Gasteiger partial charge is 0.244 e. The lowest BCUT2D eigenvalue weighted by Gasteiger charge is -1.90. The zero-order valence-electron chi connectivity index (χ0n) is 10.8. The van der Waals surface area contributed by atoms with E-state index in [1.807, 2.05) is 76.2 Å². The first kappa shape index (κ1) is 14.4. The van der Waals surface area contributed by atoms with E-state index in [4.69, 9.17) is 0 Å². The van der Waals surface area contributed by atoms with E-state index in [0.29, 0.717) is 0 Å². The topological polar surface area (TPSA) is 25.8 Å². The number of hydrogen-bond donors (Lipinski definition) is 0. The van der Waals surface area contributed by atoms with Gasteiger partial charge in [0.05, 0.1) is 5.52 Å². The molecule has 1 aromatic carbocycles. The minimum Gasteiger partial charge on any atom is -0.244 e. The summed E-state index contributed by atoms with van der Waals surface area (Å²) in [5, 5.41) is 9.25. The lowest BCUT2D eigenvalue weighted by atomic mass is 10.2. The fourth-order valence-corrected chi connectivity index (χ4v) is 2.28. The zero-order chi connectivity index (χ0) is 13.9. The van der Waals surface area contributed by atoms with Crippen molar-refractivity contribution in [2.24, 2.45) is 0 Å². The summed E-state index contributed by atoms with van der Waals surface area (Å²) < 4.78 is 0. The molecule has 0 aliphatic carbocycles. The van der Waals surface area contributed by atoms with E-state index in [-0.39, 0.29) is 0 Å². The van der Waals surface area contributed by atoms with Gasteiger partial charge in [-0.2, -0.15) is 22.7 Å². The molecule has 0 saturated heterocycles. The molecular formula is C16H14N2S2. The Morgan fingerprint density at radius 3 is 1.80 bits per heavy atom. The molecule has 20 heavy (non-hydrogen) atoms. The fourth-order valence-electron chi connectivity index (χ4n) is 1.38. The summed E-state index contributed by atoms with van der Waals surface area (Å²) in [4.78, 5) is 7.97. The molecule has 0 aliphatic heterocycles. The van der Waals surface area contributed by atoms with E-state index in [9.17, 15) is 0 Å². The van der Waals surface area contributed by atoms with E-state index in [0.717, 1.165) is 10.9 Å². The Morgan fingerprint density at radius 2 is 1.30 bits per heavy atom. The molecule has 3 heterocycles. The molecule has 0 atom stereocenters. The summed E-state index contributed by atoms with van der Waals surface area (Å²) >= 11 is 3.43. The Hall–Kier alpha value is -2.04. The van der Waals surface area contributed by atoms with Gasteiger partial charge in [0.15, 0.2) is 0 Å². The summed E-state index contributed by atoms with van der Waals surface area (Å²) in [7, 11) is 0. The predicted octanol–water partition coefficient (Wildman–Crippen LogP) is 5.13. The van der Waals surface area contributed by atoms with Crippen molar-refractivity contribution in [3.63, 3.8) is 0 Å². The molecule has 3 aromatic heterocycles. The maximum Gasteiger partial charge on any atom is 0.116 e. The van der Waals surface area contributed by atoms with Gasteiger partial charge in [-0.25, -0.2) is 9.97 Å². The van der Waals surface area contributed by atoms with E-state index < -0.39 is 0 Å². The van der Waals surface area contributed by atoms with Crippen molar-refractivity contribution in [2.45, 2.75) is 0 Å². The van der Waals surface area contributed by atoms with Gasteiger partial charge in [0.2, 0.25) is 0 Å². The van der Waals surface area contributed by atoms with Gasteiger partial charge in [0.1, 0.15) is 6.33 Å². The summed E-state index contributed by atoms with van der Waals surface area (Å²) in [6.07, 6.45) is 3.37. The van der Waals surface area contributed by atoms with Gasteiger partial charge in [0, 0.05) is 11.6 Å². The van der Waals surface area contributed by atoms with Crippen LogP contribution in [0.15, 0.2) is 82.6 Å². The van der Waals surface area contributed by atoms with Crippen LogP contribution in [-0.2, 0) is 0 Å². The highest BCUT2D eigenvalue weighted by molar-refractivity contribution is 7.08. The maximum absolute atomic E-state index is 4.07. The monoisotopic (exact) mass is 298 g/mol. The van der Waals surface area contributed by atoms with Crippen LogP contribution in [0.25, 0.3) is 10.9 Å². The number of fused-ring (bicyclic) bond motifs is 1. The average molecular weight is 298 g/mol. The molecule has 2 nitrogen and oxygen atoms in total. The average Bonchev–Trinajstić information content (AvgIpc) is 3.25. The highest BCUT2D eigenvalue weighted by Crippen LogP contribution is 2.06. The number of rotatable bonds is 0. The van der Waals surface area contributed by atoms with Gasteiger partial charge in [-0.15, -0.1) is 0 Å². The van der Waals surface area contributed by atoms with Crippen molar-refractivity contribution in [1.29, 1.82) is 0 Å². The van der Waals surface area contributed by atoms with Crippen LogP contribution in [0.3, 0.4) is 0 Å². The molecule has 4 rings (SSSR count). The van der Waals surface area contributed by atoms with Crippen LogP contribution < -0.4 is 0 Å². The van der Waals surface area contributed by atoms with Crippen molar-refractivity contribution < 1.29 is 0 Å². The number of hydrogen-bond acceptors (Lipinski definition) is 4. The lowest BCUT2D eigenvalue weighted by molar-refractivity contribution is 1.22. The van der Waals surface area contributed by atoms with Crippen LogP contribution in [0.2, 0.25) is 0 Å². The Morgan fingerprint density at radius 1 is 0.700 bits per heavy atom. The molecule has 4 aromatic rings. The SMILES string of the molecule is c1ccc2ncncc2c1.c1ccsc1.c1ccsc1. The number of thiophene rings is 2. The van der Waals surface area contributed by atoms with E-state index >= 15 is 0 Å². The van der Waals surface area contributed by atoms with Gasteiger partial charge >= 0.3 is 0 Å². The highest BCUT2D eigenvalue weighted by Gasteiger charge is 1.87. The molecule has 0 radical (unpaired) electrons. The zero-order valence-corrected chi connectivity index (χ0v) is 12.4. The Kier molecular flexibility index (Phi) is 6.44. The highest BCUT2D eigenvalue weighted by atomic mass is 32.1. The summed E-state index contributed by atoms with van der Waals surface area (Å²) in [5.74, 6) is 0. The molecule has 4 heteroatoms. The second-order valence-electron chi connectivity index (χ2n) is 3.67. The molecule has 0 spiro atoms. The molecule has 0 saturated carbocycles. The summed E-state index contributed by atoms with van der Waals surface area (Å²) in [6.45, 7) is 0. The van der Waals surface area contributed by atoms with Crippen molar-refractivity contribution in [2.75, 3.05) is 0 Å². The summed E-state index contributed by atoms with van der Waals surface area (Å²) in [6, 6.07) is 16.0. The van der Waals surface area contributed by atoms with Crippen molar-refractivity contribution in [3.05, 3.63) is 82.6 Å². The molecule has 0 fully saturated rings. The number of para-hydroxylation sites is 1. The van der Waals surface area contributed by atoms with Crippen molar-refractivity contribution >= 4 is 33.6 Å². The molecule has 0 bridgehead atoms. The first-order valence-corrected chi connectivity index (χ1v) is 7.94. The molecular weight excluding hydrogens is 284 g/mol. The quantitative estimate of drug-likeness (QED) is 0.450.